The van der Waals surface area contributed by atoms with E-state index in [1.54, 1.807) is 0 Å². The Morgan fingerprint density at radius 1 is 1.58 bits per heavy atom. The van der Waals surface area contributed by atoms with Gasteiger partial charge in [-0.15, -0.1) is 0 Å². The molecule has 0 fully saturated rings. The van der Waals surface area contributed by atoms with E-state index in [0.29, 0.717) is 6.42 Å². The van der Waals surface area contributed by atoms with Gasteiger partial charge in [-0.3, -0.25) is 0 Å². The molecule has 0 spiro atoms. The summed E-state index contributed by atoms with van der Waals surface area (Å²) in [5, 5.41) is 0. The number of ether oxygens (including phenoxy) is 1. The highest BCUT2D eigenvalue weighted by Gasteiger charge is 1.88. The molecule has 0 aromatic carbocycles. The summed E-state index contributed by atoms with van der Waals surface area (Å²) in [5.41, 5.74) is 1.29. The van der Waals surface area contributed by atoms with Crippen molar-refractivity contribution in [1.82, 2.24) is 0 Å². The van der Waals surface area contributed by atoms with Crippen LogP contribution in [0.4, 0.5) is 0 Å². The van der Waals surface area contributed by atoms with Crippen molar-refractivity contribution in [2.24, 2.45) is 0 Å². The monoisotopic (exact) mass is 166 g/mol. The fraction of sp³-hybridized carbons (Fsp3) is 0.500. The Bertz CT molecular complexity index is 228. The predicted octanol–water partition coefficient (Wildman–Crippen LogP) is 1.91. The Hall–Kier alpha value is -1.23. The predicted molar refractivity (Wildman–Crippen MR) is 48.5 cm³/mol. The number of carbonyl (C=O) groups is 1. The average Bonchev–Trinajstić information content (AvgIpc) is 2.11. The molecule has 0 aliphatic heterocycles. The fourth-order valence-corrected chi connectivity index (χ4v) is 0.590. The molecule has 0 aromatic rings. The van der Waals surface area contributed by atoms with Gasteiger partial charge in [-0.25, -0.2) is 4.79 Å². The maximum absolute atomic E-state index is 10.5. The van der Waals surface area contributed by atoms with Gasteiger partial charge in [-0.2, -0.15) is 0 Å². The smallest absolute Gasteiger partial charge is 0.384 e. The Morgan fingerprint density at radius 3 is 2.75 bits per heavy atom. The van der Waals surface area contributed by atoms with Crippen molar-refractivity contribution < 1.29 is 9.53 Å². The highest BCUT2D eigenvalue weighted by Crippen LogP contribution is 2.01. The highest BCUT2D eigenvalue weighted by molar-refractivity contribution is 5.88. The van der Waals surface area contributed by atoms with Crippen molar-refractivity contribution >= 4 is 5.97 Å². The Balaban J connectivity index is 3.66. The van der Waals surface area contributed by atoms with E-state index in [1.807, 2.05) is 19.9 Å². The lowest BCUT2D eigenvalue weighted by molar-refractivity contribution is -0.133. The lowest BCUT2D eigenvalue weighted by Crippen LogP contribution is -1.94. The standard InChI is InChI=1S/C10H14O2/c1-4-9(2)7-5-6-8-10(11)12-3/h4H,5,7H2,1-3H3/b9-4+. The Labute approximate surface area is 73.6 Å². The first-order valence-corrected chi connectivity index (χ1v) is 3.89. The summed E-state index contributed by atoms with van der Waals surface area (Å²) >= 11 is 0. The molecule has 0 amide bonds. The second-order valence-corrected chi connectivity index (χ2v) is 2.43. The molecule has 2 nitrogen and oxygen atoms in total. The van der Waals surface area contributed by atoms with Gasteiger partial charge in [0.1, 0.15) is 0 Å². The molecule has 0 aliphatic carbocycles. The molecular formula is C10H14O2. The van der Waals surface area contributed by atoms with Crippen molar-refractivity contribution in [3.8, 4) is 11.8 Å². The molecule has 0 heterocycles. The van der Waals surface area contributed by atoms with Gasteiger partial charge in [0.2, 0.25) is 0 Å². The lowest BCUT2D eigenvalue weighted by Gasteiger charge is -1.92. The van der Waals surface area contributed by atoms with Crippen molar-refractivity contribution in [3.63, 3.8) is 0 Å². The SMILES string of the molecule is C/C=C(\C)CCC#CC(=O)OC. The summed E-state index contributed by atoms with van der Waals surface area (Å²) < 4.78 is 4.36. The molecule has 0 atom stereocenters. The van der Waals surface area contributed by atoms with E-state index >= 15 is 0 Å². The van der Waals surface area contributed by atoms with Gasteiger partial charge in [0, 0.05) is 12.3 Å². The van der Waals surface area contributed by atoms with Gasteiger partial charge < -0.3 is 4.74 Å². The van der Waals surface area contributed by atoms with E-state index in [9.17, 15) is 4.79 Å². The van der Waals surface area contributed by atoms with Gasteiger partial charge >= 0.3 is 5.97 Å². The summed E-state index contributed by atoms with van der Waals surface area (Å²) in [5.74, 6) is 4.64. The first-order valence-electron chi connectivity index (χ1n) is 3.89. The van der Waals surface area contributed by atoms with Crippen LogP contribution in [0.15, 0.2) is 11.6 Å². The van der Waals surface area contributed by atoms with Crippen molar-refractivity contribution in [1.29, 1.82) is 0 Å². The fourth-order valence-electron chi connectivity index (χ4n) is 0.590. The second-order valence-electron chi connectivity index (χ2n) is 2.43. The number of esters is 1. The van der Waals surface area contributed by atoms with Crippen LogP contribution in [0.1, 0.15) is 26.7 Å². The van der Waals surface area contributed by atoms with Crippen LogP contribution < -0.4 is 0 Å². The van der Waals surface area contributed by atoms with E-state index in [1.165, 1.54) is 12.7 Å². The van der Waals surface area contributed by atoms with E-state index in [-0.39, 0.29) is 0 Å². The number of hydrogen-bond donors (Lipinski definition) is 0. The first-order chi connectivity index (χ1) is 5.70. The minimum absolute atomic E-state index is 0.465. The molecule has 2 heteroatoms. The van der Waals surface area contributed by atoms with Crippen LogP contribution in [0.3, 0.4) is 0 Å². The maximum atomic E-state index is 10.5. The van der Waals surface area contributed by atoms with Crippen LogP contribution in [-0.2, 0) is 9.53 Å². The van der Waals surface area contributed by atoms with Gasteiger partial charge in [-0.05, 0) is 20.3 Å². The molecule has 0 saturated heterocycles. The minimum Gasteiger partial charge on any atom is -0.459 e. The molecule has 0 rings (SSSR count). The Kier molecular flexibility index (Phi) is 5.81. The largest absolute Gasteiger partial charge is 0.459 e. The third-order valence-corrected chi connectivity index (χ3v) is 1.51. The van der Waals surface area contributed by atoms with Crippen molar-refractivity contribution in [3.05, 3.63) is 11.6 Å². The highest BCUT2D eigenvalue weighted by atomic mass is 16.5. The summed E-state index contributed by atoms with van der Waals surface area (Å²) in [6.07, 6.45) is 3.67. The third kappa shape index (κ3) is 5.55. The Morgan fingerprint density at radius 2 is 2.25 bits per heavy atom. The zero-order valence-corrected chi connectivity index (χ0v) is 7.81. The number of rotatable bonds is 2. The molecule has 0 aromatic heterocycles. The normalized spacial score (nSPS) is 10.1. The first kappa shape index (κ1) is 10.8. The number of carbonyl (C=O) groups excluding carboxylic acids is 1. The quantitative estimate of drug-likeness (QED) is 0.271. The summed E-state index contributed by atoms with van der Waals surface area (Å²) in [7, 11) is 1.33. The van der Waals surface area contributed by atoms with Gasteiger partial charge in [0.15, 0.2) is 0 Å². The number of hydrogen-bond acceptors (Lipinski definition) is 2. The zero-order valence-electron chi connectivity index (χ0n) is 7.81. The summed E-state index contributed by atoms with van der Waals surface area (Å²) in [4.78, 5) is 10.5. The molecule has 0 saturated carbocycles. The number of methoxy groups -OCH3 is 1. The van der Waals surface area contributed by atoms with Gasteiger partial charge in [0.05, 0.1) is 7.11 Å². The molecule has 66 valence electrons. The maximum Gasteiger partial charge on any atom is 0.384 e. The molecule has 0 unspecified atom stereocenters. The lowest BCUT2D eigenvalue weighted by atomic mass is 10.1. The zero-order chi connectivity index (χ0) is 9.40. The van der Waals surface area contributed by atoms with Gasteiger partial charge in [0.25, 0.3) is 0 Å². The molecule has 0 N–H and O–H groups in total. The van der Waals surface area contributed by atoms with Crippen molar-refractivity contribution in [2.45, 2.75) is 26.7 Å². The molecule has 0 bridgehead atoms. The van der Waals surface area contributed by atoms with Crippen molar-refractivity contribution in [2.75, 3.05) is 7.11 Å². The van der Waals surface area contributed by atoms with Crippen LogP contribution in [-0.4, -0.2) is 13.1 Å². The third-order valence-electron chi connectivity index (χ3n) is 1.51. The summed E-state index contributed by atoms with van der Waals surface area (Å²) in [6.45, 7) is 4.03. The van der Waals surface area contributed by atoms with Crippen LogP contribution in [0.2, 0.25) is 0 Å². The van der Waals surface area contributed by atoms with Crippen LogP contribution in [0, 0.1) is 11.8 Å². The van der Waals surface area contributed by atoms with E-state index in [0.717, 1.165) is 6.42 Å². The molecular weight excluding hydrogens is 152 g/mol. The molecule has 0 radical (unpaired) electrons. The molecule has 12 heavy (non-hydrogen) atoms. The summed E-state index contributed by atoms with van der Waals surface area (Å²) in [6, 6.07) is 0. The van der Waals surface area contributed by atoms with Crippen LogP contribution in [0.5, 0.6) is 0 Å². The van der Waals surface area contributed by atoms with Crippen LogP contribution in [0.25, 0.3) is 0 Å². The van der Waals surface area contributed by atoms with E-state index in [4.69, 9.17) is 0 Å². The molecule has 0 aliphatic rings. The second kappa shape index (κ2) is 6.48. The number of allylic oxidation sites excluding steroid dienone is 2. The van der Waals surface area contributed by atoms with Gasteiger partial charge in [-0.1, -0.05) is 17.6 Å². The van der Waals surface area contributed by atoms with E-state index < -0.39 is 5.97 Å². The van der Waals surface area contributed by atoms with Crippen LogP contribution >= 0.6 is 0 Å². The topological polar surface area (TPSA) is 26.3 Å². The van der Waals surface area contributed by atoms with E-state index in [2.05, 4.69) is 16.6 Å². The average molecular weight is 166 g/mol. The minimum atomic E-state index is -0.465.